The zero-order chi connectivity index (χ0) is 14.4. The normalized spacial score (nSPS) is 10.1. The molecule has 0 aliphatic heterocycles. The maximum Gasteiger partial charge on any atom is 0.254 e. The number of benzene rings is 1. The molecule has 104 valence electrons. The molecular formula is C14H14N2O2S2. The average Bonchev–Trinajstić information content (AvgIpc) is 2.93. The number of rotatable bonds is 5. The Bertz CT molecular complexity index is 596. The minimum absolute atomic E-state index is 0.119. The Morgan fingerprint density at radius 1 is 1.20 bits per heavy atom. The second-order valence-corrected chi connectivity index (χ2v) is 5.86. The van der Waals surface area contributed by atoms with Gasteiger partial charge in [-0.3, -0.25) is 9.59 Å². The van der Waals surface area contributed by atoms with Crippen LogP contribution in [0.2, 0.25) is 0 Å². The maximum atomic E-state index is 11.9. The predicted octanol–water partition coefficient (Wildman–Crippen LogP) is 2.84. The van der Waals surface area contributed by atoms with E-state index in [0.29, 0.717) is 16.3 Å². The molecule has 2 rings (SSSR count). The molecule has 0 atom stereocenters. The standard InChI is InChI=1S/C14H14N2O2S2/c1-15-13(18)11-7-8-19-14(11)16-12(17)9-20-10-5-3-2-4-6-10/h2-8H,9H2,1H3,(H,15,18)(H,16,17). The SMILES string of the molecule is CNC(=O)c1ccsc1NC(=O)CSc1ccccc1. The molecule has 1 heterocycles. The highest BCUT2D eigenvalue weighted by molar-refractivity contribution is 8.00. The molecule has 0 bridgehead atoms. The van der Waals surface area contributed by atoms with Crippen LogP contribution in [-0.4, -0.2) is 24.6 Å². The van der Waals surface area contributed by atoms with Gasteiger partial charge in [-0.2, -0.15) is 0 Å². The van der Waals surface area contributed by atoms with Crippen LogP contribution in [-0.2, 0) is 4.79 Å². The van der Waals surface area contributed by atoms with Crippen molar-refractivity contribution in [1.29, 1.82) is 0 Å². The largest absolute Gasteiger partial charge is 0.355 e. The molecule has 6 heteroatoms. The number of amides is 2. The summed E-state index contributed by atoms with van der Waals surface area (Å²) < 4.78 is 0. The van der Waals surface area contributed by atoms with E-state index >= 15 is 0 Å². The number of thiophene rings is 1. The van der Waals surface area contributed by atoms with Gasteiger partial charge < -0.3 is 10.6 Å². The van der Waals surface area contributed by atoms with E-state index in [0.717, 1.165) is 4.90 Å². The van der Waals surface area contributed by atoms with Gasteiger partial charge in [0.2, 0.25) is 5.91 Å². The van der Waals surface area contributed by atoms with Crippen molar-refractivity contribution in [2.45, 2.75) is 4.90 Å². The number of anilines is 1. The lowest BCUT2D eigenvalue weighted by Gasteiger charge is -2.05. The van der Waals surface area contributed by atoms with E-state index < -0.39 is 0 Å². The molecule has 0 aliphatic carbocycles. The number of carbonyl (C=O) groups is 2. The van der Waals surface area contributed by atoms with Crippen LogP contribution < -0.4 is 10.6 Å². The highest BCUT2D eigenvalue weighted by atomic mass is 32.2. The monoisotopic (exact) mass is 306 g/mol. The van der Waals surface area contributed by atoms with Crippen LogP contribution in [0.5, 0.6) is 0 Å². The van der Waals surface area contributed by atoms with Crippen molar-refractivity contribution >= 4 is 39.9 Å². The minimum Gasteiger partial charge on any atom is -0.355 e. The van der Waals surface area contributed by atoms with E-state index in [1.807, 2.05) is 30.3 Å². The number of hydrogen-bond acceptors (Lipinski definition) is 4. The molecule has 2 amide bonds. The Balaban J connectivity index is 1.92. The van der Waals surface area contributed by atoms with Crippen LogP contribution in [0, 0.1) is 0 Å². The molecule has 0 spiro atoms. The van der Waals surface area contributed by atoms with Crippen molar-refractivity contribution in [2.24, 2.45) is 0 Å². The molecule has 0 aliphatic rings. The average molecular weight is 306 g/mol. The lowest BCUT2D eigenvalue weighted by molar-refractivity contribution is -0.113. The Labute approximate surface area is 125 Å². The number of carbonyl (C=O) groups excluding carboxylic acids is 2. The topological polar surface area (TPSA) is 58.2 Å². The van der Waals surface area contributed by atoms with Crippen molar-refractivity contribution in [2.75, 3.05) is 18.1 Å². The molecule has 0 unspecified atom stereocenters. The number of thioether (sulfide) groups is 1. The zero-order valence-electron chi connectivity index (χ0n) is 10.9. The first kappa shape index (κ1) is 14.6. The number of hydrogen-bond donors (Lipinski definition) is 2. The summed E-state index contributed by atoms with van der Waals surface area (Å²) in [7, 11) is 1.57. The van der Waals surface area contributed by atoms with Gasteiger partial charge in [-0.25, -0.2) is 0 Å². The molecule has 0 saturated carbocycles. The third kappa shape index (κ3) is 3.85. The second kappa shape index (κ2) is 7.12. The van der Waals surface area contributed by atoms with Crippen molar-refractivity contribution in [1.82, 2.24) is 5.32 Å². The van der Waals surface area contributed by atoms with Crippen LogP contribution in [0.3, 0.4) is 0 Å². The van der Waals surface area contributed by atoms with Crippen LogP contribution in [0.25, 0.3) is 0 Å². The van der Waals surface area contributed by atoms with E-state index in [2.05, 4.69) is 10.6 Å². The summed E-state index contributed by atoms with van der Waals surface area (Å²) >= 11 is 2.80. The first-order valence-corrected chi connectivity index (χ1v) is 7.84. The van der Waals surface area contributed by atoms with Crippen LogP contribution in [0.1, 0.15) is 10.4 Å². The molecule has 0 fully saturated rings. The van der Waals surface area contributed by atoms with Crippen molar-refractivity contribution in [3.8, 4) is 0 Å². The van der Waals surface area contributed by atoms with Crippen molar-refractivity contribution < 1.29 is 9.59 Å². The molecular weight excluding hydrogens is 292 g/mol. The zero-order valence-corrected chi connectivity index (χ0v) is 12.5. The third-order valence-electron chi connectivity index (χ3n) is 2.50. The van der Waals surface area contributed by atoms with Gasteiger partial charge in [0.25, 0.3) is 5.91 Å². The predicted molar refractivity (Wildman–Crippen MR) is 83.5 cm³/mol. The van der Waals surface area contributed by atoms with E-state index in [1.165, 1.54) is 23.1 Å². The third-order valence-corrected chi connectivity index (χ3v) is 4.34. The van der Waals surface area contributed by atoms with E-state index in [-0.39, 0.29) is 11.8 Å². The fraction of sp³-hybridized carbons (Fsp3) is 0.143. The summed E-state index contributed by atoms with van der Waals surface area (Å²) in [6, 6.07) is 11.4. The van der Waals surface area contributed by atoms with Crippen LogP contribution in [0.15, 0.2) is 46.7 Å². The highest BCUT2D eigenvalue weighted by Crippen LogP contribution is 2.24. The van der Waals surface area contributed by atoms with Crippen LogP contribution in [0.4, 0.5) is 5.00 Å². The Morgan fingerprint density at radius 2 is 1.95 bits per heavy atom. The fourth-order valence-corrected chi connectivity index (χ4v) is 3.07. The van der Waals surface area contributed by atoms with E-state index in [1.54, 1.807) is 18.5 Å². The molecule has 1 aromatic carbocycles. The Kier molecular flexibility index (Phi) is 5.20. The Morgan fingerprint density at radius 3 is 2.65 bits per heavy atom. The van der Waals surface area contributed by atoms with E-state index in [4.69, 9.17) is 0 Å². The smallest absolute Gasteiger partial charge is 0.254 e. The summed E-state index contributed by atoms with van der Waals surface area (Å²) in [5.41, 5.74) is 0.496. The molecule has 0 saturated heterocycles. The summed E-state index contributed by atoms with van der Waals surface area (Å²) in [6.07, 6.45) is 0. The van der Waals surface area contributed by atoms with Crippen molar-refractivity contribution in [3.05, 3.63) is 47.3 Å². The summed E-state index contributed by atoms with van der Waals surface area (Å²) in [5, 5.41) is 7.69. The lowest BCUT2D eigenvalue weighted by atomic mass is 10.3. The van der Waals surface area contributed by atoms with Gasteiger partial charge in [-0.05, 0) is 23.6 Å². The maximum absolute atomic E-state index is 11.9. The Hall–Kier alpha value is -1.79. The van der Waals surface area contributed by atoms with Gasteiger partial charge in [0.1, 0.15) is 5.00 Å². The van der Waals surface area contributed by atoms with Gasteiger partial charge in [-0.15, -0.1) is 23.1 Å². The summed E-state index contributed by atoms with van der Waals surface area (Å²) in [6.45, 7) is 0. The summed E-state index contributed by atoms with van der Waals surface area (Å²) in [5.74, 6) is -0.00142. The molecule has 2 N–H and O–H groups in total. The molecule has 0 radical (unpaired) electrons. The highest BCUT2D eigenvalue weighted by Gasteiger charge is 2.13. The molecule has 20 heavy (non-hydrogen) atoms. The van der Waals surface area contributed by atoms with Gasteiger partial charge in [-0.1, -0.05) is 18.2 Å². The molecule has 2 aromatic rings. The molecule has 4 nitrogen and oxygen atoms in total. The van der Waals surface area contributed by atoms with Gasteiger partial charge in [0.05, 0.1) is 11.3 Å². The first-order valence-electron chi connectivity index (χ1n) is 5.98. The number of nitrogens with one attached hydrogen (secondary N) is 2. The quantitative estimate of drug-likeness (QED) is 0.835. The fourth-order valence-electron chi connectivity index (χ4n) is 1.55. The van der Waals surface area contributed by atoms with Gasteiger partial charge >= 0.3 is 0 Å². The van der Waals surface area contributed by atoms with Gasteiger partial charge in [0, 0.05) is 11.9 Å². The van der Waals surface area contributed by atoms with Crippen molar-refractivity contribution in [3.63, 3.8) is 0 Å². The van der Waals surface area contributed by atoms with Crippen LogP contribution >= 0.6 is 23.1 Å². The van der Waals surface area contributed by atoms with Gasteiger partial charge in [0.15, 0.2) is 0 Å². The van der Waals surface area contributed by atoms with E-state index in [9.17, 15) is 9.59 Å². The second-order valence-electron chi connectivity index (χ2n) is 3.89. The minimum atomic E-state index is -0.197. The first-order chi connectivity index (χ1) is 9.70. The lowest BCUT2D eigenvalue weighted by Crippen LogP contribution is -2.20. The molecule has 1 aromatic heterocycles. The summed E-state index contributed by atoms with van der Waals surface area (Å²) in [4.78, 5) is 24.5.